The van der Waals surface area contributed by atoms with Gasteiger partial charge in [0.05, 0.1) is 0 Å². The Morgan fingerprint density at radius 1 is 0.526 bits per heavy atom. The minimum Gasteiger partial charge on any atom is -0.0620 e. The largest absolute Gasteiger partial charge is 0.0620 e. The van der Waals surface area contributed by atoms with Crippen molar-refractivity contribution in [2.24, 2.45) is 0 Å². The SMILES string of the molecule is c1ccc(C2CCCCC2)c(C2CCCCCC2)c1. The predicted molar refractivity (Wildman–Crippen MR) is 82.7 cm³/mol. The number of benzene rings is 1. The highest BCUT2D eigenvalue weighted by molar-refractivity contribution is 5.33. The summed E-state index contributed by atoms with van der Waals surface area (Å²) in [5, 5.41) is 0. The van der Waals surface area contributed by atoms with Gasteiger partial charge >= 0.3 is 0 Å². The van der Waals surface area contributed by atoms with Crippen molar-refractivity contribution in [2.75, 3.05) is 0 Å². The average Bonchev–Trinajstić information content (AvgIpc) is 2.77. The quantitative estimate of drug-likeness (QED) is 0.555. The van der Waals surface area contributed by atoms with Crippen LogP contribution in [0.1, 0.15) is 93.6 Å². The zero-order chi connectivity index (χ0) is 12.9. The van der Waals surface area contributed by atoms with E-state index in [1.54, 1.807) is 11.1 Å². The van der Waals surface area contributed by atoms with Crippen LogP contribution in [0.5, 0.6) is 0 Å². The third-order valence-corrected chi connectivity index (χ3v) is 5.34. The maximum absolute atomic E-state index is 2.44. The van der Waals surface area contributed by atoms with E-state index in [4.69, 9.17) is 0 Å². The van der Waals surface area contributed by atoms with Gasteiger partial charge in [0.2, 0.25) is 0 Å². The van der Waals surface area contributed by atoms with Gasteiger partial charge in [0.25, 0.3) is 0 Å². The van der Waals surface area contributed by atoms with Gasteiger partial charge in [-0.1, -0.05) is 69.2 Å². The molecule has 0 heteroatoms. The highest BCUT2D eigenvalue weighted by Crippen LogP contribution is 2.40. The number of hydrogen-bond acceptors (Lipinski definition) is 0. The van der Waals surface area contributed by atoms with Gasteiger partial charge in [-0.05, 0) is 48.6 Å². The number of hydrogen-bond donors (Lipinski definition) is 0. The lowest BCUT2D eigenvalue weighted by Crippen LogP contribution is -2.10. The summed E-state index contributed by atoms with van der Waals surface area (Å²) >= 11 is 0. The molecule has 2 saturated carbocycles. The molecule has 0 heterocycles. The standard InChI is InChI=1S/C19H28/c1-2-5-11-16(10-4-1)18-14-8-9-15-19(18)17-12-6-3-7-13-17/h8-9,14-17H,1-7,10-13H2. The van der Waals surface area contributed by atoms with Crippen LogP contribution in [0.2, 0.25) is 0 Å². The zero-order valence-electron chi connectivity index (χ0n) is 12.2. The minimum absolute atomic E-state index is 0.862. The van der Waals surface area contributed by atoms with Gasteiger partial charge in [-0.15, -0.1) is 0 Å². The van der Waals surface area contributed by atoms with Crippen LogP contribution in [0.15, 0.2) is 24.3 Å². The summed E-state index contributed by atoms with van der Waals surface area (Å²) in [7, 11) is 0. The first-order valence-corrected chi connectivity index (χ1v) is 8.54. The van der Waals surface area contributed by atoms with E-state index in [0.717, 1.165) is 11.8 Å². The van der Waals surface area contributed by atoms with Crippen molar-refractivity contribution in [2.45, 2.75) is 82.5 Å². The smallest absolute Gasteiger partial charge is 0.0159 e. The van der Waals surface area contributed by atoms with Gasteiger partial charge in [0.1, 0.15) is 0 Å². The average molecular weight is 256 g/mol. The second kappa shape index (κ2) is 6.59. The molecule has 0 bridgehead atoms. The van der Waals surface area contributed by atoms with Crippen LogP contribution in [0.3, 0.4) is 0 Å². The predicted octanol–water partition coefficient (Wildman–Crippen LogP) is 6.17. The topological polar surface area (TPSA) is 0 Å². The van der Waals surface area contributed by atoms with Crippen molar-refractivity contribution in [3.05, 3.63) is 35.4 Å². The molecule has 2 fully saturated rings. The van der Waals surface area contributed by atoms with Gasteiger partial charge in [-0.2, -0.15) is 0 Å². The van der Waals surface area contributed by atoms with Crippen LogP contribution in [0.25, 0.3) is 0 Å². The third-order valence-electron chi connectivity index (χ3n) is 5.34. The van der Waals surface area contributed by atoms with Crippen LogP contribution in [0.4, 0.5) is 0 Å². The summed E-state index contributed by atoms with van der Waals surface area (Å²) in [6.07, 6.45) is 15.9. The van der Waals surface area contributed by atoms with E-state index in [1.807, 2.05) is 0 Å². The van der Waals surface area contributed by atoms with Crippen LogP contribution < -0.4 is 0 Å². The zero-order valence-corrected chi connectivity index (χ0v) is 12.2. The Labute approximate surface area is 118 Å². The summed E-state index contributed by atoms with van der Waals surface area (Å²) in [6, 6.07) is 9.42. The van der Waals surface area contributed by atoms with Crippen molar-refractivity contribution in [1.82, 2.24) is 0 Å². The van der Waals surface area contributed by atoms with E-state index >= 15 is 0 Å². The monoisotopic (exact) mass is 256 g/mol. The molecule has 0 aliphatic heterocycles. The van der Waals surface area contributed by atoms with Gasteiger partial charge in [0.15, 0.2) is 0 Å². The molecular formula is C19H28. The second-order valence-electron chi connectivity index (χ2n) is 6.65. The van der Waals surface area contributed by atoms with Crippen LogP contribution in [-0.2, 0) is 0 Å². The summed E-state index contributed by atoms with van der Waals surface area (Å²) < 4.78 is 0. The Hall–Kier alpha value is -0.780. The maximum atomic E-state index is 2.44. The summed E-state index contributed by atoms with van der Waals surface area (Å²) in [4.78, 5) is 0. The highest BCUT2D eigenvalue weighted by Gasteiger charge is 2.22. The molecule has 0 nitrogen and oxygen atoms in total. The normalized spacial score (nSPS) is 23.2. The Morgan fingerprint density at radius 2 is 0.895 bits per heavy atom. The molecule has 0 amide bonds. The van der Waals surface area contributed by atoms with Gasteiger partial charge in [-0.25, -0.2) is 0 Å². The molecule has 104 valence electrons. The van der Waals surface area contributed by atoms with Gasteiger partial charge in [-0.3, -0.25) is 0 Å². The van der Waals surface area contributed by atoms with Crippen molar-refractivity contribution in [3.8, 4) is 0 Å². The van der Waals surface area contributed by atoms with Crippen molar-refractivity contribution in [1.29, 1.82) is 0 Å². The fourth-order valence-electron chi connectivity index (χ4n) is 4.26. The molecule has 2 aliphatic carbocycles. The molecule has 0 saturated heterocycles. The molecular weight excluding hydrogens is 228 g/mol. The highest BCUT2D eigenvalue weighted by atomic mass is 14.3. The van der Waals surface area contributed by atoms with Gasteiger partial charge in [0, 0.05) is 0 Å². The summed E-state index contributed by atoms with van der Waals surface area (Å²) in [5.74, 6) is 1.73. The Kier molecular flexibility index (Phi) is 4.58. The lowest BCUT2D eigenvalue weighted by Gasteiger charge is -2.27. The number of rotatable bonds is 2. The Bertz CT molecular complexity index is 379. The second-order valence-corrected chi connectivity index (χ2v) is 6.65. The maximum Gasteiger partial charge on any atom is -0.0159 e. The first kappa shape index (κ1) is 13.2. The van der Waals surface area contributed by atoms with Crippen LogP contribution in [0, 0.1) is 0 Å². The summed E-state index contributed by atoms with van der Waals surface area (Å²) in [5.41, 5.74) is 3.44. The lowest BCUT2D eigenvalue weighted by molar-refractivity contribution is 0.437. The van der Waals surface area contributed by atoms with Crippen molar-refractivity contribution >= 4 is 0 Å². The molecule has 19 heavy (non-hydrogen) atoms. The molecule has 1 aromatic carbocycles. The molecule has 0 N–H and O–H groups in total. The third kappa shape index (κ3) is 3.22. The first-order chi connectivity index (χ1) is 9.45. The van der Waals surface area contributed by atoms with E-state index in [1.165, 1.54) is 70.6 Å². The Morgan fingerprint density at radius 3 is 1.32 bits per heavy atom. The molecule has 0 radical (unpaired) electrons. The van der Waals surface area contributed by atoms with Crippen molar-refractivity contribution in [3.63, 3.8) is 0 Å². The fourth-order valence-corrected chi connectivity index (χ4v) is 4.26. The first-order valence-electron chi connectivity index (χ1n) is 8.54. The summed E-state index contributed by atoms with van der Waals surface area (Å²) in [6.45, 7) is 0. The fraction of sp³-hybridized carbons (Fsp3) is 0.684. The van der Waals surface area contributed by atoms with E-state index in [-0.39, 0.29) is 0 Å². The molecule has 0 spiro atoms. The van der Waals surface area contributed by atoms with E-state index in [0.29, 0.717) is 0 Å². The molecule has 1 aromatic rings. The molecule has 2 aliphatic rings. The van der Waals surface area contributed by atoms with Crippen LogP contribution in [-0.4, -0.2) is 0 Å². The minimum atomic E-state index is 0.862. The van der Waals surface area contributed by atoms with Crippen LogP contribution >= 0.6 is 0 Å². The van der Waals surface area contributed by atoms with E-state index < -0.39 is 0 Å². The lowest BCUT2D eigenvalue weighted by atomic mass is 9.78. The Balaban J connectivity index is 1.83. The molecule has 3 rings (SSSR count). The van der Waals surface area contributed by atoms with Gasteiger partial charge < -0.3 is 0 Å². The van der Waals surface area contributed by atoms with Crippen molar-refractivity contribution < 1.29 is 0 Å². The molecule has 0 unspecified atom stereocenters. The van der Waals surface area contributed by atoms with E-state index in [9.17, 15) is 0 Å². The molecule has 0 atom stereocenters. The molecule has 0 aromatic heterocycles. The van der Waals surface area contributed by atoms with E-state index in [2.05, 4.69) is 24.3 Å².